The fourth-order valence-electron chi connectivity index (χ4n) is 1.97. The van der Waals surface area contributed by atoms with E-state index >= 15 is 0 Å². The van der Waals surface area contributed by atoms with Crippen molar-refractivity contribution in [1.29, 1.82) is 0 Å². The van der Waals surface area contributed by atoms with Crippen molar-refractivity contribution < 1.29 is 5.11 Å². The van der Waals surface area contributed by atoms with Gasteiger partial charge in [0.2, 0.25) is 0 Å². The summed E-state index contributed by atoms with van der Waals surface area (Å²) in [4.78, 5) is 0. The lowest BCUT2D eigenvalue weighted by atomic mass is 9.65. The highest BCUT2D eigenvalue weighted by atomic mass is 16.3. The van der Waals surface area contributed by atoms with Gasteiger partial charge < -0.3 is 5.11 Å². The van der Waals surface area contributed by atoms with Crippen LogP contribution >= 0.6 is 0 Å². The fourth-order valence-corrected chi connectivity index (χ4v) is 1.97. The molecular weight excluding hydrogens is 148 g/mol. The molecule has 0 saturated heterocycles. The van der Waals surface area contributed by atoms with Crippen LogP contribution in [0.4, 0.5) is 0 Å². The number of aliphatic hydroxyl groups excluding tert-OH is 1. The minimum absolute atomic E-state index is 0.00957. The maximum atomic E-state index is 9.53. The summed E-state index contributed by atoms with van der Waals surface area (Å²) in [5.74, 6) is 0.811. The fraction of sp³-hybridized carbons (Fsp3) is 1.00. The Morgan fingerprint density at radius 1 is 1.50 bits per heavy atom. The smallest absolute Gasteiger partial charge is 0.0594 e. The summed E-state index contributed by atoms with van der Waals surface area (Å²) < 4.78 is 0. The standard InChI is InChI=1S/C11H22O/c1-9(2)5-4-7-11(3)8-6-10(11)12/h9-10,12H,4-8H2,1-3H3/t10?,11-/m1/s1. The van der Waals surface area contributed by atoms with Crippen LogP contribution in [0.25, 0.3) is 0 Å². The molecule has 1 fully saturated rings. The first-order valence-corrected chi connectivity index (χ1v) is 5.23. The summed E-state index contributed by atoms with van der Waals surface area (Å²) >= 11 is 0. The van der Waals surface area contributed by atoms with Crippen molar-refractivity contribution in [2.24, 2.45) is 11.3 Å². The molecule has 72 valence electrons. The van der Waals surface area contributed by atoms with E-state index in [1.807, 2.05) is 0 Å². The van der Waals surface area contributed by atoms with Crippen molar-refractivity contribution in [3.05, 3.63) is 0 Å². The third-order valence-corrected chi connectivity index (χ3v) is 3.32. The van der Waals surface area contributed by atoms with Crippen molar-refractivity contribution in [1.82, 2.24) is 0 Å². The molecule has 0 heterocycles. The molecule has 1 saturated carbocycles. The molecule has 1 N–H and O–H groups in total. The molecule has 0 bridgehead atoms. The van der Waals surface area contributed by atoms with Gasteiger partial charge in [0.25, 0.3) is 0 Å². The highest BCUT2D eigenvalue weighted by molar-refractivity contribution is 4.91. The summed E-state index contributed by atoms with van der Waals surface area (Å²) in [6.07, 6.45) is 6.05. The van der Waals surface area contributed by atoms with E-state index in [1.54, 1.807) is 0 Å². The Kier molecular flexibility index (Phi) is 3.16. The van der Waals surface area contributed by atoms with E-state index in [0.29, 0.717) is 0 Å². The predicted octanol–water partition coefficient (Wildman–Crippen LogP) is 2.97. The Balaban J connectivity index is 2.14. The molecule has 1 unspecified atom stereocenters. The van der Waals surface area contributed by atoms with Crippen LogP contribution in [-0.2, 0) is 0 Å². The van der Waals surface area contributed by atoms with Crippen LogP contribution in [0.2, 0.25) is 0 Å². The molecule has 0 amide bonds. The molecular formula is C11H22O. The van der Waals surface area contributed by atoms with Gasteiger partial charge in [-0.25, -0.2) is 0 Å². The maximum Gasteiger partial charge on any atom is 0.0594 e. The van der Waals surface area contributed by atoms with Crippen LogP contribution in [0.15, 0.2) is 0 Å². The predicted molar refractivity (Wildman–Crippen MR) is 52.0 cm³/mol. The first kappa shape index (κ1) is 10.0. The van der Waals surface area contributed by atoms with Gasteiger partial charge in [-0.3, -0.25) is 0 Å². The molecule has 1 rings (SSSR count). The van der Waals surface area contributed by atoms with Crippen LogP contribution in [0.1, 0.15) is 52.9 Å². The SMILES string of the molecule is CC(C)CCC[C@]1(C)CCC1O. The minimum atomic E-state index is -0.00957. The zero-order valence-corrected chi connectivity index (χ0v) is 8.64. The van der Waals surface area contributed by atoms with Crippen molar-refractivity contribution in [3.8, 4) is 0 Å². The summed E-state index contributed by atoms with van der Waals surface area (Å²) in [5, 5.41) is 9.53. The quantitative estimate of drug-likeness (QED) is 0.687. The highest BCUT2D eigenvalue weighted by Gasteiger charge is 2.40. The average molecular weight is 170 g/mol. The Labute approximate surface area is 76.2 Å². The molecule has 1 aliphatic rings. The number of hydrogen-bond acceptors (Lipinski definition) is 1. The minimum Gasteiger partial charge on any atom is -0.393 e. The molecule has 2 atom stereocenters. The summed E-state index contributed by atoms with van der Waals surface area (Å²) in [6, 6.07) is 0. The van der Waals surface area contributed by atoms with Crippen molar-refractivity contribution in [3.63, 3.8) is 0 Å². The van der Waals surface area contributed by atoms with Crippen molar-refractivity contribution in [2.75, 3.05) is 0 Å². The molecule has 0 radical (unpaired) electrons. The summed E-state index contributed by atoms with van der Waals surface area (Å²) in [6.45, 7) is 6.75. The van der Waals surface area contributed by atoms with E-state index in [0.717, 1.165) is 12.3 Å². The van der Waals surface area contributed by atoms with Gasteiger partial charge in [0.05, 0.1) is 6.10 Å². The molecule has 0 aromatic carbocycles. The maximum absolute atomic E-state index is 9.53. The average Bonchev–Trinajstić information content (AvgIpc) is 2.01. The lowest BCUT2D eigenvalue weighted by molar-refractivity contribution is -0.0586. The van der Waals surface area contributed by atoms with Gasteiger partial charge >= 0.3 is 0 Å². The van der Waals surface area contributed by atoms with Crippen molar-refractivity contribution in [2.45, 2.75) is 59.0 Å². The monoisotopic (exact) mass is 170 g/mol. The highest BCUT2D eigenvalue weighted by Crippen LogP contribution is 2.44. The Bertz CT molecular complexity index is 142. The lowest BCUT2D eigenvalue weighted by Crippen LogP contribution is -2.42. The molecule has 12 heavy (non-hydrogen) atoms. The second kappa shape index (κ2) is 3.78. The second-order valence-electron chi connectivity index (χ2n) is 4.99. The van der Waals surface area contributed by atoms with Crippen LogP contribution in [0, 0.1) is 11.3 Å². The first-order valence-electron chi connectivity index (χ1n) is 5.23. The van der Waals surface area contributed by atoms with Crippen LogP contribution in [0.3, 0.4) is 0 Å². The van der Waals surface area contributed by atoms with Crippen molar-refractivity contribution >= 4 is 0 Å². The number of aliphatic hydroxyl groups is 1. The van der Waals surface area contributed by atoms with E-state index in [9.17, 15) is 5.11 Å². The summed E-state index contributed by atoms with van der Waals surface area (Å²) in [5.41, 5.74) is 0.273. The zero-order valence-electron chi connectivity index (χ0n) is 8.64. The second-order valence-corrected chi connectivity index (χ2v) is 4.99. The third kappa shape index (κ3) is 2.22. The topological polar surface area (TPSA) is 20.2 Å². The van der Waals surface area contributed by atoms with Gasteiger partial charge in [-0.1, -0.05) is 33.6 Å². The first-order chi connectivity index (χ1) is 5.54. The van der Waals surface area contributed by atoms with Crippen LogP contribution < -0.4 is 0 Å². The molecule has 0 spiro atoms. The molecule has 1 aliphatic carbocycles. The number of rotatable bonds is 4. The number of hydrogen-bond donors (Lipinski definition) is 1. The van der Waals surface area contributed by atoms with Gasteiger partial charge in [-0.2, -0.15) is 0 Å². The Morgan fingerprint density at radius 2 is 2.17 bits per heavy atom. The van der Waals surface area contributed by atoms with E-state index < -0.39 is 0 Å². The Hall–Kier alpha value is -0.0400. The van der Waals surface area contributed by atoms with E-state index in [2.05, 4.69) is 20.8 Å². The van der Waals surface area contributed by atoms with Gasteiger partial charge in [-0.05, 0) is 30.6 Å². The third-order valence-electron chi connectivity index (χ3n) is 3.32. The largest absolute Gasteiger partial charge is 0.393 e. The van der Waals surface area contributed by atoms with Crippen LogP contribution in [0.5, 0.6) is 0 Å². The van der Waals surface area contributed by atoms with Crippen LogP contribution in [-0.4, -0.2) is 11.2 Å². The molecule has 0 aliphatic heterocycles. The normalized spacial score (nSPS) is 35.2. The van der Waals surface area contributed by atoms with E-state index in [-0.39, 0.29) is 11.5 Å². The Morgan fingerprint density at radius 3 is 2.50 bits per heavy atom. The van der Waals surface area contributed by atoms with Gasteiger partial charge in [-0.15, -0.1) is 0 Å². The molecule has 1 nitrogen and oxygen atoms in total. The van der Waals surface area contributed by atoms with Gasteiger partial charge in [0.1, 0.15) is 0 Å². The molecule has 1 heteroatoms. The van der Waals surface area contributed by atoms with E-state index in [4.69, 9.17) is 0 Å². The lowest BCUT2D eigenvalue weighted by Gasteiger charge is -2.44. The molecule has 0 aromatic heterocycles. The summed E-state index contributed by atoms with van der Waals surface area (Å²) in [7, 11) is 0. The van der Waals surface area contributed by atoms with Gasteiger partial charge in [0.15, 0.2) is 0 Å². The van der Waals surface area contributed by atoms with Gasteiger partial charge in [0, 0.05) is 0 Å². The van der Waals surface area contributed by atoms with E-state index in [1.165, 1.54) is 25.7 Å². The molecule has 0 aromatic rings. The zero-order chi connectivity index (χ0) is 9.19.